The highest BCUT2D eigenvalue weighted by molar-refractivity contribution is 5.85. The molecule has 1 aromatic carbocycles. The van der Waals surface area contributed by atoms with Gasteiger partial charge in [0, 0.05) is 23.7 Å². The molecule has 0 saturated heterocycles. The predicted octanol–water partition coefficient (Wildman–Crippen LogP) is 2.35. The first-order valence-electron chi connectivity index (χ1n) is 5.43. The third-order valence-corrected chi connectivity index (χ3v) is 2.35. The molecule has 0 aliphatic heterocycles. The van der Waals surface area contributed by atoms with Gasteiger partial charge in [-0.3, -0.25) is 4.79 Å². The minimum absolute atomic E-state index is 0. The Morgan fingerprint density at radius 2 is 1.89 bits per heavy atom. The van der Waals surface area contributed by atoms with E-state index in [-0.39, 0.29) is 36.7 Å². The summed E-state index contributed by atoms with van der Waals surface area (Å²) < 4.78 is 36.7. The van der Waals surface area contributed by atoms with Crippen molar-refractivity contribution in [3.05, 3.63) is 29.3 Å². The molecular weight excluding hydrogens is 280 g/mol. The Hall–Kier alpha value is -1.40. The van der Waals surface area contributed by atoms with Crippen LogP contribution in [-0.4, -0.2) is 19.7 Å². The van der Waals surface area contributed by atoms with Crippen LogP contribution in [0, 0.1) is 11.6 Å². The number of methoxy groups -OCH3 is 1. The van der Waals surface area contributed by atoms with E-state index in [0.717, 1.165) is 12.1 Å². The van der Waals surface area contributed by atoms with Gasteiger partial charge in [-0.2, -0.15) is 0 Å². The topological polar surface area (TPSA) is 61.5 Å². The van der Waals surface area contributed by atoms with Gasteiger partial charge in [0.25, 0.3) is 0 Å². The first-order valence-corrected chi connectivity index (χ1v) is 5.43. The lowest BCUT2D eigenvalue weighted by Crippen LogP contribution is -2.19. The van der Waals surface area contributed by atoms with E-state index in [1.807, 2.05) is 0 Å². The fraction of sp³-hybridized carbons (Fsp3) is 0.417. The lowest BCUT2D eigenvalue weighted by atomic mass is 10.0. The second-order valence-corrected chi connectivity index (χ2v) is 3.62. The minimum atomic E-state index is -1.09. The van der Waals surface area contributed by atoms with Gasteiger partial charge in [0.05, 0.1) is 20.1 Å². The average Bonchev–Trinajstić information content (AvgIpc) is 2.27. The maximum atomic E-state index is 13.6. The molecule has 0 aliphatic rings. The van der Waals surface area contributed by atoms with Crippen LogP contribution in [0.4, 0.5) is 8.78 Å². The molecule has 2 N–H and O–H groups in total. The normalized spacial score (nSPS) is 11.4. The van der Waals surface area contributed by atoms with E-state index in [1.54, 1.807) is 6.92 Å². The highest BCUT2D eigenvalue weighted by Crippen LogP contribution is 2.26. The fourth-order valence-electron chi connectivity index (χ4n) is 1.53. The van der Waals surface area contributed by atoms with Crippen molar-refractivity contribution in [2.75, 3.05) is 13.7 Å². The van der Waals surface area contributed by atoms with Crippen LogP contribution in [0.25, 0.3) is 0 Å². The van der Waals surface area contributed by atoms with Crippen LogP contribution in [0.2, 0.25) is 0 Å². The van der Waals surface area contributed by atoms with Gasteiger partial charge < -0.3 is 15.2 Å². The number of ether oxygens (including phenoxy) is 2. The molecule has 0 bridgehead atoms. The molecule has 7 heteroatoms. The molecule has 0 amide bonds. The van der Waals surface area contributed by atoms with E-state index in [2.05, 4.69) is 4.74 Å². The van der Waals surface area contributed by atoms with Crippen molar-refractivity contribution in [2.45, 2.75) is 19.4 Å². The highest BCUT2D eigenvalue weighted by atomic mass is 35.5. The van der Waals surface area contributed by atoms with E-state index in [9.17, 15) is 13.6 Å². The Kier molecular flexibility index (Phi) is 7.33. The summed E-state index contributed by atoms with van der Waals surface area (Å²) in [7, 11) is 1.30. The van der Waals surface area contributed by atoms with Gasteiger partial charge in [0.2, 0.25) is 0 Å². The Morgan fingerprint density at radius 3 is 2.32 bits per heavy atom. The molecule has 0 saturated carbocycles. The number of carbonyl (C=O) groups excluding carboxylic acids is 1. The van der Waals surface area contributed by atoms with Gasteiger partial charge in [-0.25, -0.2) is 8.78 Å². The van der Waals surface area contributed by atoms with Gasteiger partial charge >= 0.3 is 5.97 Å². The smallest absolute Gasteiger partial charge is 0.307 e. The Bertz CT molecular complexity index is 420. The van der Waals surface area contributed by atoms with Crippen molar-refractivity contribution in [1.82, 2.24) is 0 Å². The van der Waals surface area contributed by atoms with Crippen molar-refractivity contribution >= 4 is 18.4 Å². The number of esters is 1. The Morgan fingerprint density at radius 1 is 1.37 bits per heavy atom. The molecule has 0 spiro atoms. The maximum Gasteiger partial charge on any atom is 0.307 e. The fourth-order valence-corrected chi connectivity index (χ4v) is 1.53. The quantitative estimate of drug-likeness (QED) is 0.847. The van der Waals surface area contributed by atoms with Gasteiger partial charge in [-0.05, 0) is 6.92 Å². The molecule has 108 valence electrons. The van der Waals surface area contributed by atoms with Crippen LogP contribution < -0.4 is 10.5 Å². The number of benzene rings is 1. The summed E-state index contributed by atoms with van der Waals surface area (Å²) in [4.78, 5) is 11.2. The van der Waals surface area contributed by atoms with Crippen LogP contribution in [0.5, 0.6) is 5.75 Å². The summed E-state index contributed by atoms with van der Waals surface area (Å²) in [6, 6.07) is 0.947. The van der Waals surface area contributed by atoms with Gasteiger partial charge in [0.1, 0.15) is 17.4 Å². The predicted molar refractivity (Wildman–Crippen MR) is 68.3 cm³/mol. The largest absolute Gasteiger partial charge is 0.497 e. The monoisotopic (exact) mass is 295 g/mol. The molecule has 0 unspecified atom stereocenters. The van der Waals surface area contributed by atoms with E-state index < -0.39 is 23.6 Å². The second kappa shape index (κ2) is 7.91. The van der Waals surface area contributed by atoms with Crippen molar-refractivity contribution in [2.24, 2.45) is 5.73 Å². The summed E-state index contributed by atoms with van der Waals surface area (Å²) in [6.07, 6.45) is -0.284. The molecule has 19 heavy (non-hydrogen) atoms. The molecule has 0 fully saturated rings. The van der Waals surface area contributed by atoms with Crippen LogP contribution >= 0.6 is 12.4 Å². The number of carbonyl (C=O) groups is 1. The minimum Gasteiger partial charge on any atom is -0.497 e. The summed E-state index contributed by atoms with van der Waals surface area (Å²) in [6.45, 7) is 1.83. The average molecular weight is 296 g/mol. The molecule has 0 heterocycles. The Balaban J connectivity index is 0.00000324. The molecule has 0 aromatic heterocycles. The SMILES string of the molecule is CCOC(=O)C[C@H](N)c1c(F)cc(OC)cc1F.Cl. The molecule has 0 aliphatic carbocycles. The standard InChI is InChI=1S/C12H15F2NO3.ClH/c1-3-18-11(16)6-10(15)12-8(13)4-7(17-2)5-9(12)14;/h4-5,10H,3,6,15H2,1-2H3;1H/t10-;/m0./s1. The lowest BCUT2D eigenvalue weighted by molar-refractivity contribution is -0.143. The van der Waals surface area contributed by atoms with Crippen LogP contribution in [-0.2, 0) is 9.53 Å². The van der Waals surface area contributed by atoms with Gasteiger partial charge in [0.15, 0.2) is 0 Å². The van der Waals surface area contributed by atoms with E-state index in [4.69, 9.17) is 10.5 Å². The van der Waals surface area contributed by atoms with Crippen molar-refractivity contribution in [3.8, 4) is 5.75 Å². The molecule has 0 radical (unpaired) electrons. The lowest BCUT2D eigenvalue weighted by Gasteiger charge is -2.14. The van der Waals surface area contributed by atoms with E-state index in [0.29, 0.717) is 0 Å². The van der Waals surface area contributed by atoms with Crippen LogP contribution in [0.1, 0.15) is 24.9 Å². The first-order chi connectivity index (χ1) is 8.49. The summed E-state index contributed by atoms with van der Waals surface area (Å²) >= 11 is 0. The third kappa shape index (κ3) is 4.65. The molecule has 1 rings (SSSR count). The van der Waals surface area contributed by atoms with Gasteiger partial charge in [-0.1, -0.05) is 0 Å². The van der Waals surface area contributed by atoms with Crippen molar-refractivity contribution in [3.63, 3.8) is 0 Å². The summed E-state index contributed by atoms with van der Waals surface area (Å²) in [5, 5.41) is 0. The molecule has 1 atom stereocenters. The van der Waals surface area contributed by atoms with Crippen molar-refractivity contribution < 1.29 is 23.0 Å². The maximum absolute atomic E-state index is 13.6. The Labute approximate surface area is 116 Å². The van der Waals surface area contributed by atoms with E-state index in [1.165, 1.54) is 7.11 Å². The van der Waals surface area contributed by atoms with Gasteiger partial charge in [-0.15, -0.1) is 12.4 Å². The number of hydrogen-bond acceptors (Lipinski definition) is 4. The zero-order valence-electron chi connectivity index (χ0n) is 10.6. The van der Waals surface area contributed by atoms with Crippen LogP contribution in [0.3, 0.4) is 0 Å². The number of hydrogen-bond donors (Lipinski definition) is 1. The third-order valence-electron chi connectivity index (χ3n) is 2.35. The van der Waals surface area contributed by atoms with Crippen LogP contribution in [0.15, 0.2) is 12.1 Å². The summed E-state index contributed by atoms with van der Waals surface area (Å²) in [5.74, 6) is -2.23. The zero-order valence-corrected chi connectivity index (χ0v) is 11.4. The van der Waals surface area contributed by atoms with E-state index >= 15 is 0 Å². The molecule has 1 aromatic rings. The number of halogens is 3. The molecular formula is C12H16ClF2NO3. The molecule has 4 nitrogen and oxygen atoms in total. The number of nitrogens with two attached hydrogens (primary N) is 1. The second-order valence-electron chi connectivity index (χ2n) is 3.62. The highest BCUT2D eigenvalue weighted by Gasteiger charge is 2.21. The first kappa shape index (κ1) is 17.6. The summed E-state index contributed by atoms with van der Waals surface area (Å²) in [5.41, 5.74) is 5.25. The van der Waals surface area contributed by atoms with Crippen molar-refractivity contribution in [1.29, 1.82) is 0 Å². The zero-order chi connectivity index (χ0) is 13.7. The number of rotatable bonds is 5.